The lowest BCUT2D eigenvalue weighted by atomic mass is 9.46. The highest BCUT2D eigenvalue weighted by atomic mass is 16.8. The van der Waals surface area contributed by atoms with Crippen LogP contribution in [0.15, 0.2) is 109 Å². The van der Waals surface area contributed by atoms with Gasteiger partial charge in [0.25, 0.3) is 0 Å². The standard InChI is InChI=1S/C71H92O18/c1-42(2)11-30-58(74)43(3)71(76)61(36-57-55-29-20-49-35-50(73)31-33-69(49,5)56(55)32-34-70(57,71)6)87-67-65(86-44(4)72)63(60(41-84-67)82-38-46-14-23-52(78-8)24-15-46)89-68-64(88-66(75)48-18-27-54(80-10)28-19-48)62(83-39-47-16-25-53(79-9)26-17-47)59(40-85-68)81-37-45-12-21-51(77-7)22-13-45/h12-28,42-43,50,55-57,59-65,67-68,73,76H,11,29-41H2,1-10H3/t43-,50+,55-,56+,57+,59-,60+,61+,62+,63+,64-,65-,67+,68+,69+,70+,71-/m1/s1. The van der Waals surface area contributed by atoms with Gasteiger partial charge in [-0.1, -0.05) is 82.7 Å². The summed E-state index contributed by atoms with van der Waals surface area (Å²) in [4.78, 5) is 43.1. The number of hydrogen-bond donors (Lipinski definition) is 2. The maximum absolute atomic E-state index is 14.7. The Hall–Kier alpha value is -5.93. The molecule has 0 radical (unpaired) electrons. The van der Waals surface area contributed by atoms with Crippen molar-refractivity contribution in [2.24, 2.45) is 40.4 Å². The average molecular weight is 1230 g/mol. The van der Waals surface area contributed by atoms with E-state index in [1.165, 1.54) is 19.6 Å². The van der Waals surface area contributed by atoms with Crippen LogP contribution in [0, 0.1) is 40.4 Å². The molecule has 4 aliphatic carbocycles. The third-order valence-electron chi connectivity index (χ3n) is 20.5. The lowest BCUT2D eigenvalue weighted by Crippen LogP contribution is -2.64. The zero-order chi connectivity index (χ0) is 63.2. The predicted molar refractivity (Wildman–Crippen MR) is 328 cm³/mol. The van der Waals surface area contributed by atoms with Gasteiger partial charge < -0.3 is 71.8 Å². The summed E-state index contributed by atoms with van der Waals surface area (Å²) in [7, 11) is 6.32. The number of fused-ring (bicyclic) bond motifs is 5. The maximum Gasteiger partial charge on any atom is 0.338 e. The Morgan fingerprint density at radius 2 is 1.12 bits per heavy atom. The van der Waals surface area contributed by atoms with E-state index in [1.807, 2.05) is 79.7 Å². The molecule has 89 heavy (non-hydrogen) atoms. The number of rotatable bonds is 25. The van der Waals surface area contributed by atoms with E-state index in [1.54, 1.807) is 45.6 Å². The highest BCUT2D eigenvalue weighted by molar-refractivity contribution is 5.89. The van der Waals surface area contributed by atoms with Crippen LogP contribution in [0.2, 0.25) is 0 Å². The molecule has 0 amide bonds. The molecule has 3 saturated carbocycles. The molecule has 484 valence electrons. The van der Waals surface area contributed by atoms with Gasteiger partial charge in [-0.3, -0.25) is 9.59 Å². The number of methoxy groups -OCH3 is 4. The van der Waals surface area contributed by atoms with Gasteiger partial charge in [-0.05, 0) is 158 Å². The lowest BCUT2D eigenvalue weighted by Gasteiger charge is -2.59. The summed E-state index contributed by atoms with van der Waals surface area (Å²) in [6.07, 6.45) is -2.90. The topological polar surface area (TPSA) is 212 Å². The molecule has 2 saturated heterocycles. The quantitative estimate of drug-likeness (QED) is 0.0466. The van der Waals surface area contributed by atoms with E-state index >= 15 is 0 Å². The number of hydrogen-bond acceptors (Lipinski definition) is 18. The van der Waals surface area contributed by atoms with E-state index in [4.69, 9.17) is 61.6 Å². The molecular weight excluding hydrogens is 1140 g/mol. The zero-order valence-corrected chi connectivity index (χ0v) is 53.3. The van der Waals surface area contributed by atoms with Crippen LogP contribution < -0.4 is 18.9 Å². The number of allylic oxidation sites excluding steroid dienone is 1. The fourth-order valence-corrected chi connectivity index (χ4v) is 15.3. The summed E-state index contributed by atoms with van der Waals surface area (Å²) in [5, 5.41) is 24.9. The third-order valence-corrected chi connectivity index (χ3v) is 20.5. The summed E-state index contributed by atoms with van der Waals surface area (Å²) in [6, 6.07) is 28.8. The number of ketones is 1. The Morgan fingerprint density at radius 1 is 0.618 bits per heavy atom. The minimum atomic E-state index is -1.70. The number of esters is 2. The van der Waals surface area contributed by atoms with Crippen molar-refractivity contribution in [2.45, 2.75) is 186 Å². The van der Waals surface area contributed by atoms with Crippen molar-refractivity contribution in [3.8, 4) is 23.0 Å². The van der Waals surface area contributed by atoms with E-state index in [-0.39, 0.29) is 80.1 Å². The van der Waals surface area contributed by atoms with Gasteiger partial charge in [0, 0.05) is 24.7 Å². The van der Waals surface area contributed by atoms with Crippen molar-refractivity contribution in [3.63, 3.8) is 0 Å². The minimum absolute atomic E-state index is 0.0429. The predicted octanol–water partition coefficient (Wildman–Crippen LogP) is 10.7. The van der Waals surface area contributed by atoms with Gasteiger partial charge in [-0.2, -0.15) is 0 Å². The van der Waals surface area contributed by atoms with Crippen molar-refractivity contribution in [1.82, 2.24) is 0 Å². The molecule has 0 bridgehead atoms. The first kappa shape index (κ1) is 66.0. The summed E-state index contributed by atoms with van der Waals surface area (Å²) in [6.45, 7) is 11.8. The number of aliphatic hydroxyl groups excluding tert-OH is 1. The van der Waals surface area contributed by atoms with Crippen LogP contribution in [0.4, 0.5) is 0 Å². The van der Waals surface area contributed by atoms with Crippen LogP contribution in [0.25, 0.3) is 0 Å². The van der Waals surface area contributed by atoms with Gasteiger partial charge in [-0.15, -0.1) is 0 Å². The number of carbonyl (C=O) groups is 3. The number of ether oxygens (including phenoxy) is 13. The van der Waals surface area contributed by atoms with Crippen LogP contribution in [0.1, 0.15) is 126 Å². The van der Waals surface area contributed by atoms with Crippen LogP contribution in [0.3, 0.4) is 0 Å². The van der Waals surface area contributed by atoms with Gasteiger partial charge in [0.1, 0.15) is 58.8 Å². The Balaban J connectivity index is 1.03. The van der Waals surface area contributed by atoms with Crippen molar-refractivity contribution in [2.75, 3.05) is 41.7 Å². The van der Waals surface area contributed by atoms with Crippen molar-refractivity contribution in [3.05, 3.63) is 131 Å². The van der Waals surface area contributed by atoms with Crippen LogP contribution in [0.5, 0.6) is 23.0 Å². The Kier molecular flexibility index (Phi) is 21.3. The summed E-state index contributed by atoms with van der Waals surface area (Å²) in [5.41, 5.74) is 1.35. The molecular formula is C71H92O18. The minimum Gasteiger partial charge on any atom is -0.497 e. The van der Waals surface area contributed by atoms with Gasteiger partial charge in [0.2, 0.25) is 0 Å². The highest BCUT2D eigenvalue weighted by Crippen LogP contribution is 2.69. The van der Waals surface area contributed by atoms with E-state index < -0.39 is 84.2 Å². The molecule has 18 nitrogen and oxygen atoms in total. The second-order valence-electron chi connectivity index (χ2n) is 26.1. The van der Waals surface area contributed by atoms with Crippen molar-refractivity contribution < 1.29 is 86.2 Å². The van der Waals surface area contributed by atoms with E-state index in [9.17, 15) is 24.6 Å². The first-order valence-electron chi connectivity index (χ1n) is 31.7. The van der Waals surface area contributed by atoms with Gasteiger partial charge in [0.05, 0.1) is 79.2 Å². The number of carbonyl (C=O) groups excluding carboxylic acids is 3. The average Bonchev–Trinajstić information content (AvgIpc) is 1.58. The molecule has 4 aromatic rings. The summed E-state index contributed by atoms with van der Waals surface area (Å²) in [5.74, 6) is 0.856. The molecule has 4 aromatic carbocycles. The smallest absolute Gasteiger partial charge is 0.338 e. The largest absolute Gasteiger partial charge is 0.497 e. The molecule has 6 aliphatic rings. The molecule has 0 unspecified atom stereocenters. The van der Waals surface area contributed by atoms with Gasteiger partial charge >= 0.3 is 11.9 Å². The zero-order valence-electron chi connectivity index (χ0n) is 53.3. The third kappa shape index (κ3) is 14.3. The number of benzene rings is 4. The fraction of sp³-hybridized carbons (Fsp3) is 0.592. The monoisotopic (exact) mass is 1230 g/mol. The number of aliphatic hydroxyl groups is 2. The van der Waals surface area contributed by atoms with Crippen LogP contribution in [-0.4, -0.2) is 137 Å². The maximum atomic E-state index is 14.7. The van der Waals surface area contributed by atoms with Crippen LogP contribution >= 0.6 is 0 Å². The fourth-order valence-electron chi connectivity index (χ4n) is 15.3. The van der Waals surface area contributed by atoms with Gasteiger partial charge in [-0.25, -0.2) is 4.79 Å². The SMILES string of the molecule is COc1ccc(CO[C@@H]2[C@@H](OC(=O)c3ccc(OC)cc3)[C@H](O[C@@H]3[C@@H](OC(C)=O)[C@H](O[C@H]4C[C@H]5[C@@H]6CC=C7C[C@@H](O)CC[C@]7(C)[C@H]6CC[C@]5(C)[C@@]4(O)[C@H](C)C(=O)CCC(C)C)OC[C@@H]3OCc3ccc(OC)cc3)OC[C@H]2OCc2ccc(OC)cc2)cc1. The molecule has 0 aromatic heterocycles. The van der Waals surface area contributed by atoms with E-state index in [0.717, 1.165) is 42.4 Å². The van der Waals surface area contributed by atoms with E-state index in [0.29, 0.717) is 54.6 Å². The van der Waals surface area contributed by atoms with Crippen LogP contribution in [-0.2, 0) is 72.0 Å². The second-order valence-corrected chi connectivity index (χ2v) is 26.1. The van der Waals surface area contributed by atoms with Crippen molar-refractivity contribution >= 4 is 17.7 Å². The normalized spacial score (nSPS) is 32.7. The highest BCUT2D eigenvalue weighted by Gasteiger charge is 2.71. The van der Waals surface area contributed by atoms with Gasteiger partial charge in [0.15, 0.2) is 24.8 Å². The molecule has 18 heteroatoms. The molecule has 2 heterocycles. The molecule has 17 atom stereocenters. The molecule has 5 fully saturated rings. The molecule has 2 aliphatic heterocycles. The first-order valence-corrected chi connectivity index (χ1v) is 31.7. The molecule has 2 N–H and O–H groups in total. The molecule has 10 rings (SSSR count). The Bertz CT molecular complexity index is 3020. The Morgan fingerprint density at radius 3 is 1.65 bits per heavy atom. The Labute approximate surface area is 524 Å². The first-order chi connectivity index (χ1) is 42.8. The molecule has 0 spiro atoms. The van der Waals surface area contributed by atoms with Crippen molar-refractivity contribution in [1.29, 1.82) is 0 Å². The second kappa shape index (κ2) is 28.7. The lowest BCUT2D eigenvalue weighted by molar-refractivity contribution is -0.352. The van der Waals surface area contributed by atoms with E-state index in [2.05, 4.69) is 33.8 Å². The summed E-state index contributed by atoms with van der Waals surface area (Å²) < 4.78 is 83.1. The summed E-state index contributed by atoms with van der Waals surface area (Å²) >= 11 is 0. The number of Topliss-reactive ketones (excluding diaryl/α,β-unsaturated/α-hetero) is 1.